The standard InChI is InChI=1S/C8H10Br2N2O3S2/c1-11-17(14,15)3-2-12-8(13)5-4-6(9)16-7(5)10/h4,11H,2-3H2,1H3,(H,12,13). The van der Waals surface area contributed by atoms with Gasteiger partial charge in [-0.25, -0.2) is 13.1 Å². The molecule has 0 aliphatic rings. The van der Waals surface area contributed by atoms with E-state index >= 15 is 0 Å². The van der Waals surface area contributed by atoms with Gasteiger partial charge in [-0.3, -0.25) is 4.79 Å². The molecule has 17 heavy (non-hydrogen) atoms. The van der Waals surface area contributed by atoms with Gasteiger partial charge >= 0.3 is 0 Å². The van der Waals surface area contributed by atoms with Crippen LogP contribution in [0.15, 0.2) is 13.6 Å². The molecule has 0 aromatic carbocycles. The van der Waals surface area contributed by atoms with Crippen molar-refractivity contribution >= 4 is 59.1 Å². The van der Waals surface area contributed by atoms with Crippen LogP contribution in [0.2, 0.25) is 0 Å². The Kier molecular flexibility index (Phi) is 5.58. The van der Waals surface area contributed by atoms with Crippen LogP contribution in [0.3, 0.4) is 0 Å². The Morgan fingerprint density at radius 3 is 2.59 bits per heavy atom. The summed E-state index contributed by atoms with van der Waals surface area (Å²) >= 11 is 7.91. The van der Waals surface area contributed by atoms with E-state index in [9.17, 15) is 13.2 Å². The molecule has 96 valence electrons. The minimum atomic E-state index is -3.29. The number of sulfonamides is 1. The van der Waals surface area contributed by atoms with Crippen molar-refractivity contribution in [3.63, 3.8) is 0 Å². The van der Waals surface area contributed by atoms with Gasteiger partial charge in [0, 0.05) is 6.54 Å². The predicted octanol–water partition coefficient (Wildman–Crippen LogP) is 1.55. The van der Waals surface area contributed by atoms with Crippen LogP contribution in [0, 0.1) is 0 Å². The summed E-state index contributed by atoms with van der Waals surface area (Å²) in [5.41, 5.74) is 0.490. The number of nitrogens with one attached hydrogen (secondary N) is 2. The smallest absolute Gasteiger partial charge is 0.253 e. The van der Waals surface area contributed by atoms with E-state index in [0.717, 1.165) is 3.79 Å². The summed E-state index contributed by atoms with van der Waals surface area (Å²) in [5, 5.41) is 2.54. The lowest BCUT2D eigenvalue weighted by molar-refractivity contribution is 0.0956. The molecular weight excluding hydrogens is 396 g/mol. The highest BCUT2D eigenvalue weighted by molar-refractivity contribution is 9.12. The van der Waals surface area contributed by atoms with Gasteiger partial charge in [0.1, 0.15) is 0 Å². The Hall–Kier alpha value is 0.0400. The highest BCUT2D eigenvalue weighted by Gasteiger charge is 2.14. The van der Waals surface area contributed by atoms with Crippen molar-refractivity contribution in [2.75, 3.05) is 19.3 Å². The third-order valence-electron chi connectivity index (χ3n) is 1.87. The second-order valence-electron chi connectivity index (χ2n) is 3.02. The van der Waals surface area contributed by atoms with Crippen LogP contribution in [-0.4, -0.2) is 33.7 Å². The van der Waals surface area contributed by atoms with Crippen LogP contribution in [0.4, 0.5) is 0 Å². The normalized spacial score (nSPS) is 11.5. The zero-order valence-corrected chi connectivity index (χ0v) is 13.6. The molecule has 9 heteroatoms. The first-order valence-corrected chi connectivity index (χ1v) is 8.55. The average Bonchev–Trinajstić information content (AvgIpc) is 2.57. The quantitative estimate of drug-likeness (QED) is 0.780. The van der Waals surface area contributed by atoms with Gasteiger partial charge in [0.2, 0.25) is 10.0 Å². The van der Waals surface area contributed by atoms with Crippen LogP contribution in [-0.2, 0) is 10.0 Å². The lowest BCUT2D eigenvalue weighted by Crippen LogP contribution is -2.32. The van der Waals surface area contributed by atoms with Gasteiger partial charge in [-0.1, -0.05) is 0 Å². The maximum atomic E-state index is 11.7. The van der Waals surface area contributed by atoms with Crippen LogP contribution >= 0.6 is 43.2 Å². The number of hydrogen-bond acceptors (Lipinski definition) is 4. The molecule has 0 saturated heterocycles. The number of carbonyl (C=O) groups excluding carboxylic acids is 1. The topological polar surface area (TPSA) is 75.3 Å². The molecule has 0 unspecified atom stereocenters. The van der Waals surface area contributed by atoms with Crippen molar-refractivity contribution in [3.05, 3.63) is 19.2 Å². The molecule has 1 heterocycles. The molecule has 0 bridgehead atoms. The van der Waals surface area contributed by atoms with Crippen molar-refractivity contribution in [2.24, 2.45) is 0 Å². The molecule has 1 aromatic rings. The molecule has 2 N–H and O–H groups in total. The number of hydrogen-bond donors (Lipinski definition) is 2. The van der Waals surface area contributed by atoms with Gasteiger partial charge in [0.05, 0.1) is 18.9 Å². The molecule has 0 aliphatic heterocycles. The van der Waals surface area contributed by atoms with Crippen molar-refractivity contribution in [1.29, 1.82) is 0 Å². The second-order valence-corrected chi connectivity index (χ2v) is 8.81. The summed E-state index contributed by atoms with van der Waals surface area (Å²) < 4.78 is 25.9. The predicted molar refractivity (Wildman–Crippen MR) is 74.9 cm³/mol. The van der Waals surface area contributed by atoms with E-state index in [1.54, 1.807) is 6.07 Å². The lowest BCUT2D eigenvalue weighted by Gasteiger charge is -2.04. The summed E-state index contributed by atoms with van der Waals surface area (Å²) in [7, 11) is -1.95. The highest BCUT2D eigenvalue weighted by Crippen LogP contribution is 2.31. The molecule has 5 nitrogen and oxygen atoms in total. The number of carbonyl (C=O) groups is 1. The molecule has 0 aliphatic carbocycles. The third kappa shape index (κ3) is 4.66. The summed E-state index contributed by atoms with van der Waals surface area (Å²) in [6.45, 7) is 0.0713. The van der Waals surface area contributed by atoms with Gasteiger partial charge in [-0.05, 0) is 45.0 Å². The fraction of sp³-hybridized carbons (Fsp3) is 0.375. The molecule has 0 atom stereocenters. The largest absolute Gasteiger partial charge is 0.351 e. The van der Waals surface area contributed by atoms with Crippen LogP contribution in [0.5, 0.6) is 0 Å². The monoisotopic (exact) mass is 404 g/mol. The Labute approximate surface area is 120 Å². The van der Waals surface area contributed by atoms with Gasteiger partial charge in [-0.2, -0.15) is 0 Å². The van der Waals surface area contributed by atoms with Crippen molar-refractivity contribution in [1.82, 2.24) is 10.0 Å². The number of thiophene rings is 1. The molecule has 1 rings (SSSR count). The first-order valence-electron chi connectivity index (χ1n) is 4.50. The fourth-order valence-corrected chi connectivity index (χ4v) is 4.36. The number of rotatable bonds is 5. The fourth-order valence-electron chi connectivity index (χ4n) is 0.991. The maximum Gasteiger partial charge on any atom is 0.253 e. The van der Waals surface area contributed by atoms with Gasteiger partial charge in [-0.15, -0.1) is 11.3 Å². The van der Waals surface area contributed by atoms with E-state index in [1.807, 2.05) is 0 Å². The van der Waals surface area contributed by atoms with E-state index in [4.69, 9.17) is 0 Å². The highest BCUT2D eigenvalue weighted by atomic mass is 79.9. The molecule has 0 spiro atoms. The first-order chi connectivity index (χ1) is 7.85. The summed E-state index contributed by atoms with van der Waals surface area (Å²) in [6.07, 6.45) is 0. The van der Waals surface area contributed by atoms with Gasteiger partial charge in [0.15, 0.2) is 0 Å². The van der Waals surface area contributed by atoms with E-state index in [1.165, 1.54) is 18.4 Å². The van der Waals surface area contributed by atoms with Crippen LogP contribution < -0.4 is 10.0 Å². The Balaban J connectivity index is 2.54. The molecule has 0 fully saturated rings. The zero-order valence-electron chi connectivity index (χ0n) is 8.79. The minimum absolute atomic E-state index is 0.0713. The summed E-state index contributed by atoms with van der Waals surface area (Å²) in [6, 6.07) is 1.68. The van der Waals surface area contributed by atoms with Gasteiger partial charge < -0.3 is 5.32 Å². The number of halogens is 2. The molecule has 1 aromatic heterocycles. The molecule has 1 amide bonds. The summed E-state index contributed by atoms with van der Waals surface area (Å²) in [4.78, 5) is 11.7. The Morgan fingerprint density at radius 2 is 2.12 bits per heavy atom. The van der Waals surface area contributed by atoms with Crippen molar-refractivity contribution < 1.29 is 13.2 Å². The Bertz CT molecular complexity index is 513. The lowest BCUT2D eigenvalue weighted by atomic mass is 10.3. The van der Waals surface area contributed by atoms with Crippen LogP contribution in [0.25, 0.3) is 0 Å². The summed E-state index contributed by atoms with van der Waals surface area (Å²) in [5.74, 6) is -0.442. The first kappa shape index (κ1) is 15.1. The van der Waals surface area contributed by atoms with Crippen molar-refractivity contribution in [2.45, 2.75) is 0 Å². The van der Waals surface area contributed by atoms with Gasteiger partial charge in [0.25, 0.3) is 5.91 Å². The molecular formula is C8H10Br2N2O3S2. The van der Waals surface area contributed by atoms with E-state index in [0.29, 0.717) is 9.35 Å². The van der Waals surface area contributed by atoms with Crippen molar-refractivity contribution in [3.8, 4) is 0 Å². The third-order valence-corrected chi connectivity index (χ3v) is 5.57. The van der Waals surface area contributed by atoms with E-state index in [-0.39, 0.29) is 18.2 Å². The Morgan fingerprint density at radius 1 is 1.47 bits per heavy atom. The number of amides is 1. The second kappa shape index (κ2) is 6.28. The minimum Gasteiger partial charge on any atom is -0.351 e. The SMILES string of the molecule is CNS(=O)(=O)CCNC(=O)c1cc(Br)sc1Br. The maximum absolute atomic E-state index is 11.7. The molecule has 0 radical (unpaired) electrons. The zero-order chi connectivity index (χ0) is 13.1. The molecule has 0 saturated carbocycles. The van der Waals surface area contributed by atoms with Crippen LogP contribution in [0.1, 0.15) is 10.4 Å². The van der Waals surface area contributed by atoms with E-state index in [2.05, 4.69) is 41.9 Å². The average molecular weight is 406 g/mol. The van der Waals surface area contributed by atoms with E-state index < -0.39 is 10.0 Å².